The van der Waals surface area contributed by atoms with Gasteiger partial charge in [0.15, 0.2) is 6.10 Å². The van der Waals surface area contributed by atoms with Crippen LogP contribution in [0.4, 0.5) is 5.69 Å². The Labute approximate surface area is 215 Å². The molecule has 0 radical (unpaired) electrons. The predicted molar refractivity (Wildman–Crippen MR) is 144 cm³/mol. The maximum atomic E-state index is 13.0. The molecule has 2 heterocycles. The number of nitrogens with zero attached hydrogens (tertiary/aromatic N) is 2. The molecule has 4 rings (SSSR count). The third-order valence-electron chi connectivity index (χ3n) is 7.02. The van der Waals surface area contributed by atoms with Crippen LogP contribution in [0.2, 0.25) is 0 Å². The minimum Gasteiger partial charge on any atom is -0.476 e. The molecule has 1 saturated heterocycles. The quantitative estimate of drug-likeness (QED) is 0.630. The molecule has 8 heteroatoms. The fourth-order valence-corrected chi connectivity index (χ4v) is 5.83. The Hall–Kier alpha value is -2.58. The van der Waals surface area contributed by atoms with Crippen molar-refractivity contribution >= 4 is 21.6 Å². The van der Waals surface area contributed by atoms with Gasteiger partial charge in [0, 0.05) is 19.6 Å². The van der Waals surface area contributed by atoms with Crippen molar-refractivity contribution in [3.63, 3.8) is 0 Å². The highest BCUT2D eigenvalue weighted by Crippen LogP contribution is 2.38. The van der Waals surface area contributed by atoms with Crippen LogP contribution < -0.4 is 14.4 Å². The number of amides is 1. The number of nitrogens with one attached hydrogen (secondary N) is 1. The minimum absolute atomic E-state index is 0.0571. The summed E-state index contributed by atoms with van der Waals surface area (Å²) in [4.78, 5) is 15.5. The molecule has 2 unspecified atom stereocenters. The van der Waals surface area contributed by atoms with Crippen molar-refractivity contribution in [3.05, 3.63) is 59.2 Å². The van der Waals surface area contributed by atoms with Crippen LogP contribution in [-0.4, -0.2) is 51.2 Å². The van der Waals surface area contributed by atoms with Gasteiger partial charge >= 0.3 is 0 Å². The van der Waals surface area contributed by atoms with Gasteiger partial charge in [0.1, 0.15) is 5.75 Å². The Morgan fingerprint density at radius 1 is 1.08 bits per heavy atom. The largest absolute Gasteiger partial charge is 0.476 e. The molecular formula is C28H39N3O4S. The van der Waals surface area contributed by atoms with E-state index in [1.807, 2.05) is 24.3 Å². The second-order valence-corrected chi connectivity index (χ2v) is 13.3. The summed E-state index contributed by atoms with van der Waals surface area (Å²) >= 11 is 0. The van der Waals surface area contributed by atoms with Crippen molar-refractivity contribution in [1.29, 1.82) is 0 Å². The maximum absolute atomic E-state index is 13.0. The topological polar surface area (TPSA) is 79.0 Å². The van der Waals surface area contributed by atoms with E-state index in [0.717, 1.165) is 42.9 Å². The zero-order chi connectivity index (χ0) is 26.1. The number of hydrogen-bond acceptors (Lipinski definition) is 5. The van der Waals surface area contributed by atoms with Crippen LogP contribution in [0.1, 0.15) is 57.2 Å². The van der Waals surface area contributed by atoms with E-state index >= 15 is 0 Å². The van der Waals surface area contributed by atoms with Gasteiger partial charge in [-0.05, 0) is 59.5 Å². The van der Waals surface area contributed by atoms with Gasteiger partial charge in [0.25, 0.3) is 5.91 Å². The standard InChI is InChI=1S/C28H39N3O4S/c1-20-7-6-14-30(17-20)18-22-10-8-21(9-11-22)16-29-27(32)26-19-31(36(5,33)34)24-15-23(28(2,3)4)12-13-25(24)35-26/h8-13,15,20,26H,6-7,14,16-19H2,1-5H3,(H,29,32). The zero-order valence-corrected chi connectivity index (χ0v) is 22.9. The first-order valence-electron chi connectivity index (χ1n) is 12.8. The van der Waals surface area contributed by atoms with Gasteiger partial charge in [-0.1, -0.05) is 58.0 Å². The van der Waals surface area contributed by atoms with E-state index in [1.165, 1.54) is 22.7 Å². The fourth-order valence-electron chi connectivity index (χ4n) is 4.92. The Balaban J connectivity index is 1.39. The molecule has 2 aliphatic heterocycles. The molecule has 0 aromatic heterocycles. The number of sulfonamides is 1. The number of rotatable bonds is 6. The van der Waals surface area contributed by atoms with Crippen LogP contribution in [0.25, 0.3) is 0 Å². The maximum Gasteiger partial charge on any atom is 0.263 e. The van der Waals surface area contributed by atoms with Crippen LogP contribution in [-0.2, 0) is 33.3 Å². The average molecular weight is 514 g/mol. The first kappa shape index (κ1) is 26.5. The van der Waals surface area contributed by atoms with Crippen molar-refractivity contribution < 1.29 is 17.9 Å². The van der Waals surface area contributed by atoms with E-state index in [1.54, 1.807) is 6.07 Å². The van der Waals surface area contributed by atoms with Gasteiger partial charge in [-0.15, -0.1) is 0 Å². The van der Waals surface area contributed by atoms with Crippen molar-refractivity contribution in [2.75, 3.05) is 30.2 Å². The Morgan fingerprint density at radius 2 is 1.78 bits per heavy atom. The third-order valence-corrected chi connectivity index (χ3v) is 8.17. The lowest BCUT2D eigenvalue weighted by Gasteiger charge is -2.35. The molecule has 0 aliphatic carbocycles. The lowest BCUT2D eigenvalue weighted by atomic mass is 9.86. The van der Waals surface area contributed by atoms with E-state index in [0.29, 0.717) is 18.0 Å². The highest BCUT2D eigenvalue weighted by molar-refractivity contribution is 7.92. The molecule has 0 spiro atoms. The highest BCUT2D eigenvalue weighted by atomic mass is 32.2. The summed E-state index contributed by atoms with van der Waals surface area (Å²) in [5.74, 6) is 0.818. The van der Waals surface area contributed by atoms with Crippen LogP contribution in [0.3, 0.4) is 0 Å². The lowest BCUT2D eigenvalue weighted by molar-refractivity contribution is -0.127. The van der Waals surface area contributed by atoms with Crippen molar-refractivity contribution in [2.45, 2.75) is 65.1 Å². The molecule has 196 valence electrons. The normalized spacial score (nSPS) is 21.0. The monoisotopic (exact) mass is 513 g/mol. The summed E-state index contributed by atoms with van der Waals surface area (Å²) in [6.45, 7) is 12.1. The molecule has 2 aromatic rings. The van der Waals surface area contributed by atoms with Gasteiger partial charge in [0.2, 0.25) is 10.0 Å². The van der Waals surface area contributed by atoms with Crippen molar-refractivity contribution in [1.82, 2.24) is 10.2 Å². The number of hydrogen-bond donors (Lipinski definition) is 1. The third kappa shape index (κ3) is 6.40. The summed E-state index contributed by atoms with van der Waals surface area (Å²) in [5.41, 5.74) is 3.59. The van der Waals surface area contributed by atoms with Crippen LogP contribution in [0.5, 0.6) is 5.75 Å². The van der Waals surface area contributed by atoms with E-state index in [9.17, 15) is 13.2 Å². The van der Waals surface area contributed by atoms with E-state index in [-0.39, 0.29) is 17.9 Å². The number of carbonyl (C=O) groups is 1. The minimum atomic E-state index is -3.59. The molecule has 2 aliphatic rings. The Bertz CT molecular complexity index is 1190. The first-order chi connectivity index (χ1) is 16.9. The number of fused-ring (bicyclic) bond motifs is 1. The predicted octanol–water partition coefficient (Wildman–Crippen LogP) is 4.06. The Kier molecular flexibility index (Phi) is 7.67. The summed E-state index contributed by atoms with van der Waals surface area (Å²) in [7, 11) is -3.59. The fraction of sp³-hybridized carbons (Fsp3) is 0.536. The molecule has 7 nitrogen and oxygen atoms in total. The van der Waals surface area contributed by atoms with E-state index in [2.05, 4.69) is 50.0 Å². The smallest absolute Gasteiger partial charge is 0.263 e. The van der Waals surface area contributed by atoms with Crippen molar-refractivity contribution in [2.24, 2.45) is 5.92 Å². The second kappa shape index (κ2) is 10.4. The average Bonchev–Trinajstić information content (AvgIpc) is 2.81. The van der Waals surface area contributed by atoms with Crippen molar-refractivity contribution in [3.8, 4) is 5.75 Å². The van der Waals surface area contributed by atoms with Crippen LogP contribution in [0, 0.1) is 5.92 Å². The number of carbonyl (C=O) groups excluding carboxylic acids is 1. The highest BCUT2D eigenvalue weighted by Gasteiger charge is 2.35. The lowest BCUT2D eigenvalue weighted by Crippen LogP contribution is -2.50. The number of likely N-dealkylation sites (tertiary alicyclic amines) is 1. The van der Waals surface area contributed by atoms with Gasteiger partial charge in [-0.3, -0.25) is 14.0 Å². The SMILES string of the molecule is CC1CCCN(Cc2ccc(CNC(=O)C3CN(S(C)(=O)=O)c4cc(C(C)(C)C)ccc4O3)cc2)C1. The molecular weight excluding hydrogens is 474 g/mol. The van der Waals surface area contributed by atoms with Gasteiger partial charge in [-0.2, -0.15) is 0 Å². The number of benzene rings is 2. The van der Waals surface area contributed by atoms with E-state index in [4.69, 9.17) is 4.74 Å². The summed E-state index contributed by atoms with van der Waals surface area (Å²) < 4.78 is 32.4. The molecule has 0 bridgehead atoms. The van der Waals surface area contributed by atoms with Gasteiger partial charge in [-0.25, -0.2) is 8.42 Å². The van der Waals surface area contributed by atoms with Crippen LogP contribution in [0.15, 0.2) is 42.5 Å². The number of ether oxygens (including phenoxy) is 1. The van der Waals surface area contributed by atoms with Crippen LogP contribution >= 0.6 is 0 Å². The summed E-state index contributed by atoms with van der Waals surface area (Å²) in [6, 6.07) is 13.8. The molecule has 1 N–H and O–H groups in total. The second-order valence-electron chi connectivity index (χ2n) is 11.3. The number of anilines is 1. The van der Waals surface area contributed by atoms with E-state index < -0.39 is 16.1 Å². The molecule has 0 saturated carbocycles. The Morgan fingerprint density at radius 3 is 2.42 bits per heavy atom. The zero-order valence-electron chi connectivity index (χ0n) is 22.1. The first-order valence-corrected chi connectivity index (χ1v) is 14.6. The summed E-state index contributed by atoms with van der Waals surface area (Å²) in [6.07, 6.45) is 2.80. The molecule has 2 aromatic carbocycles. The molecule has 1 amide bonds. The van der Waals surface area contributed by atoms with Gasteiger partial charge < -0.3 is 10.1 Å². The molecule has 1 fully saturated rings. The molecule has 36 heavy (non-hydrogen) atoms. The number of piperidine rings is 1. The summed E-state index contributed by atoms with van der Waals surface area (Å²) in [5, 5.41) is 2.92. The van der Waals surface area contributed by atoms with Gasteiger partial charge in [0.05, 0.1) is 18.5 Å². The molecule has 2 atom stereocenters.